The van der Waals surface area contributed by atoms with Crippen molar-refractivity contribution >= 4 is 0 Å². The second kappa shape index (κ2) is 4.18. The highest BCUT2D eigenvalue weighted by atomic mass is 16.3. The predicted molar refractivity (Wildman–Crippen MR) is 44.5 cm³/mol. The molecule has 0 radical (unpaired) electrons. The molecule has 0 aliphatic heterocycles. The molecule has 12 heavy (non-hydrogen) atoms. The van der Waals surface area contributed by atoms with E-state index in [0.29, 0.717) is 5.82 Å². The molecule has 0 aliphatic carbocycles. The summed E-state index contributed by atoms with van der Waals surface area (Å²) in [6, 6.07) is 0. The Hall–Kier alpha value is -0.940. The third-order valence-corrected chi connectivity index (χ3v) is 1.63. The lowest BCUT2D eigenvalue weighted by Crippen LogP contribution is -2.19. The SMILES string of the molecule is CN(C)CCn1cnnc1CO. The van der Waals surface area contributed by atoms with E-state index in [9.17, 15) is 0 Å². The van der Waals surface area contributed by atoms with Crippen molar-refractivity contribution in [2.45, 2.75) is 13.2 Å². The molecule has 1 aromatic rings. The fourth-order valence-corrected chi connectivity index (χ4v) is 0.896. The maximum absolute atomic E-state index is 8.84. The van der Waals surface area contributed by atoms with Gasteiger partial charge in [-0.3, -0.25) is 0 Å². The molecule has 0 fully saturated rings. The summed E-state index contributed by atoms with van der Waals surface area (Å²) in [6.45, 7) is 1.69. The average molecular weight is 170 g/mol. The van der Waals surface area contributed by atoms with Gasteiger partial charge in [0.05, 0.1) is 0 Å². The summed E-state index contributed by atoms with van der Waals surface area (Å²) < 4.78 is 1.85. The van der Waals surface area contributed by atoms with Crippen molar-refractivity contribution in [2.75, 3.05) is 20.6 Å². The molecule has 1 aromatic heterocycles. The summed E-state index contributed by atoms with van der Waals surface area (Å²) in [6.07, 6.45) is 1.63. The lowest BCUT2D eigenvalue weighted by Gasteiger charge is -2.10. The third-order valence-electron chi connectivity index (χ3n) is 1.63. The van der Waals surface area contributed by atoms with Crippen molar-refractivity contribution in [3.63, 3.8) is 0 Å². The van der Waals surface area contributed by atoms with Gasteiger partial charge < -0.3 is 14.6 Å². The first-order valence-electron chi connectivity index (χ1n) is 3.86. The standard InChI is InChI=1S/C7H14N4O/c1-10(2)3-4-11-6-8-9-7(11)5-12/h6,12H,3-5H2,1-2H3. The smallest absolute Gasteiger partial charge is 0.158 e. The maximum atomic E-state index is 8.84. The number of nitrogens with zero attached hydrogens (tertiary/aromatic N) is 4. The topological polar surface area (TPSA) is 54.2 Å². The van der Waals surface area contributed by atoms with E-state index in [-0.39, 0.29) is 6.61 Å². The van der Waals surface area contributed by atoms with E-state index in [4.69, 9.17) is 5.11 Å². The summed E-state index contributed by atoms with van der Waals surface area (Å²) in [4.78, 5) is 2.07. The van der Waals surface area contributed by atoms with Crippen LogP contribution in [0.5, 0.6) is 0 Å². The van der Waals surface area contributed by atoms with Crippen molar-refractivity contribution in [3.05, 3.63) is 12.2 Å². The van der Waals surface area contributed by atoms with Crippen LogP contribution >= 0.6 is 0 Å². The van der Waals surface area contributed by atoms with E-state index in [2.05, 4.69) is 15.1 Å². The number of rotatable bonds is 4. The zero-order chi connectivity index (χ0) is 8.97. The van der Waals surface area contributed by atoms with Crippen LogP contribution in [0, 0.1) is 0 Å². The fourth-order valence-electron chi connectivity index (χ4n) is 0.896. The van der Waals surface area contributed by atoms with E-state index < -0.39 is 0 Å². The van der Waals surface area contributed by atoms with Crippen LogP contribution in [0.1, 0.15) is 5.82 Å². The molecular weight excluding hydrogens is 156 g/mol. The van der Waals surface area contributed by atoms with Gasteiger partial charge in [-0.25, -0.2) is 0 Å². The Morgan fingerprint density at radius 1 is 1.58 bits per heavy atom. The minimum Gasteiger partial charge on any atom is -0.388 e. The largest absolute Gasteiger partial charge is 0.388 e. The molecule has 0 saturated carbocycles. The molecule has 1 N–H and O–H groups in total. The summed E-state index contributed by atoms with van der Waals surface area (Å²) in [5.74, 6) is 0.622. The molecule has 0 spiro atoms. The van der Waals surface area contributed by atoms with Crippen LogP contribution < -0.4 is 0 Å². The molecule has 0 aliphatic rings. The van der Waals surface area contributed by atoms with Crippen LogP contribution in [-0.2, 0) is 13.2 Å². The van der Waals surface area contributed by atoms with Crippen LogP contribution in [-0.4, -0.2) is 45.4 Å². The minimum atomic E-state index is -0.0482. The van der Waals surface area contributed by atoms with Crippen LogP contribution in [0.3, 0.4) is 0 Å². The molecule has 0 bridgehead atoms. The molecule has 0 aromatic carbocycles. The molecule has 5 nitrogen and oxygen atoms in total. The number of aromatic nitrogens is 3. The number of hydrogen-bond donors (Lipinski definition) is 1. The monoisotopic (exact) mass is 170 g/mol. The van der Waals surface area contributed by atoms with Gasteiger partial charge in [0.1, 0.15) is 12.9 Å². The normalized spacial score (nSPS) is 11.0. The Balaban J connectivity index is 2.50. The molecular formula is C7H14N4O. The quantitative estimate of drug-likeness (QED) is 0.651. The van der Waals surface area contributed by atoms with E-state index in [1.165, 1.54) is 0 Å². The van der Waals surface area contributed by atoms with Crippen molar-refractivity contribution in [1.82, 2.24) is 19.7 Å². The maximum Gasteiger partial charge on any atom is 0.158 e. The van der Waals surface area contributed by atoms with Crippen molar-refractivity contribution < 1.29 is 5.11 Å². The number of likely N-dealkylation sites (N-methyl/N-ethyl adjacent to an activating group) is 1. The van der Waals surface area contributed by atoms with Gasteiger partial charge in [0.15, 0.2) is 5.82 Å². The first kappa shape index (κ1) is 9.15. The Morgan fingerprint density at radius 2 is 2.33 bits per heavy atom. The van der Waals surface area contributed by atoms with E-state index in [1.54, 1.807) is 6.33 Å². The summed E-state index contributed by atoms with van der Waals surface area (Å²) in [5, 5.41) is 16.3. The van der Waals surface area contributed by atoms with E-state index in [0.717, 1.165) is 13.1 Å². The highest BCUT2D eigenvalue weighted by Crippen LogP contribution is 1.94. The van der Waals surface area contributed by atoms with Gasteiger partial charge in [0, 0.05) is 13.1 Å². The second-order valence-corrected chi connectivity index (χ2v) is 2.90. The van der Waals surface area contributed by atoms with E-state index in [1.807, 2.05) is 18.7 Å². The Morgan fingerprint density at radius 3 is 2.92 bits per heavy atom. The van der Waals surface area contributed by atoms with Gasteiger partial charge in [-0.05, 0) is 14.1 Å². The fraction of sp³-hybridized carbons (Fsp3) is 0.714. The van der Waals surface area contributed by atoms with Crippen molar-refractivity contribution in [2.24, 2.45) is 0 Å². The third kappa shape index (κ3) is 2.28. The molecule has 0 amide bonds. The molecule has 0 atom stereocenters. The van der Waals surface area contributed by atoms with Crippen LogP contribution in [0.2, 0.25) is 0 Å². The molecule has 1 rings (SSSR count). The summed E-state index contributed by atoms with van der Waals surface area (Å²) >= 11 is 0. The number of hydrogen-bond acceptors (Lipinski definition) is 4. The Labute approximate surface area is 71.6 Å². The minimum absolute atomic E-state index is 0.0482. The van der Waals surface area contributed by atoms with Crippen LogP contribution in [0.15, 0.2) is 6.33 Å². The Kier molecular flexibility index (Phi) is 3.19. The average Bonchev–Trinajstić information content (AvgIpc) is 2.47. The van der Waals surface area contributed by atoms with Crippen molar-refractivity contribution in [3.8, 4) is 0 Å². The van der Waals surface area contributed by atoms with Gasteiger partial charge in [-0.1, -0.05) is 0 Å². The first-order valence-corrected chi connectivity index (χ1v) is 3.86. The van der Waals surface area contributed by atoms with Crippen LogP contribution in [0.25, 0.3) is 0 Å². The lowest BCUT2D eigenvalue weighted by molar-refractivity contribution is 0.261. The first-order chi connectivity index (χ1) is 5.74. The molecule has 0 unspecified atom stereocenters. The highest BCUT2D eigenvalue weighted by molar-refractivity contribution is 4.82. The highest BCUT2D eigenvalue weighted by Gasteiger charge is 2.01. The van der Waals surface area contributed by atoms with Gasteiger partial charge in [-0.15, -0.1) is 10.2 Å². The zero-order valence-corrected chi connectivity index (χ0v) is 7.43. The molecule has 1 heterocycles. The second-order valence-electron chi connectivity index (χ2n) is 2.90. The van der Waals surface area contributed by atoms with Crippen LogP contribution in [0.4, 0.5) is 0 Å². The molecule has 5 heteroatoms. The zero-order valence-electron chi connectivity index (χ0n) is 7.43. The van der Waals surface area contributed by atoms with Gasteiger partial charge in [-0.2, -0.15) is 0 Å². The van der Waals surface area contributed by atoms with Gasteiger partial charge >= 0.3 is 0 Å². The Bertz CT molecular complexity index is 233. The number of aliphatic hydroxyl groups is 1. The predicted octanol–water partition coefficient (Wildman–Crippen LogP) is -0.668. The van der Waals surface area contributed by atoms with Crippen molar-refractivity contribution in [1.29, 1.82) is 0 Å². The van der Waals surface area contributed by atoms with E-state index >= 15 is 0 Å². The molecule has 68 valence electrons. The summed E-state index contributed by atoms with van der Waals surface area (Å²) in [5.41, 5.74) is 0. The number of aliphatic hydroxyl groups excluding tert-OH is 1. The van der Waals surface area contributed by atoms with Gasteiger partial charge in [0.2, 0.25) is 0 Å². The van der Waals surface area contributed by atoms with Gasteiger partial charge in [0.25, 0.3) is 0 Å². The molecule has 0 saturated heterocycles. The summed E-state index contributed by atoms with van der Waals surface area (Å²) in [7, 11) is 4.01. The lowest BCUT2D eigenvalue weighted by atomic mass is 10.5.